The monoisotopic (exact) mass is 302 g/mol. The van der Waals surface area contributed by atoms with Gasteiger partial charge in [0.25, 0.3) is 11.6 Å². The number of rotatable bonds is 5. The van der Waals surface area contributed by atoms with E-state index in [1.54, 1.807) is 0 Å². The summed E-state index contributed by atoms with van der Waals surface area (Å²) in [6.07, 6.45) is 0. The number of nitro benzene ring substituents is 1. The lowest BCUT2D eigenvalue weighted by Gasteiger charge is -2.18. The molecule has 1 amide bonds. The second-order valence-electron chi connectivity index (χ2n) is 4.15. The number of halogens is 1. The number of nitrogens with one attached hydrogen (secondary N) is 1. The highest BCUT2D eigenvalue weighted by Crippen LogP contribution is 2.26. The minimum Gasteiger partial charge on any atom is -0.479 e. The van der Waals surface area contributed by atoms with Crippen LogP contribution in [-0.4, -0.2) is 39.2 Å². The van der Waals surface area contributed by atoms with E-state index in [4.69, 9.17) is 16.7 Å². The lowest BCUT2D eigenvalue weighted by molar-refractivity contribution is -0.385. The van der Waals surface area contributed by atoms with Crippen LogP contribution in [0.3, 0.4) is 0 Å². The van der Waals surface area contributed by atoms with Crippen molar-refractivity contribution in [2.24, 2.45) is 0 Å². The molecule has 20 heavy (non-hydrogen) atoms. The van der Waals surface area contributed by atoms with Crippen LogP contribution >= 0.6 is 11.6 Å². The minimum absolute atomic E-state index is 0.147. The molecule has 9 heteroatoms. The van der Waals surface area contributed by atoms with E-state index in [0.29, 0.717) is 0 Å². The molecule has 1 aromatic carbocycles. The molecule has 0 aliphatic rings. The van der Waals surface area contributed by atoms with E-state index in [2.05, 4.69) is 5.32 Å². The zero-order valence-corrected chi connectivity index (χ0v) is 11.0. The van der Waals surface area contributed by atoms with Gasteiger partial charge in [-0.05, 0) is 13.0 Å². The van der Waals surface area contributed by atoms with Crippen LogP contribution in [0.1, 0.15) is 17.3 Å². The molecule has 0 heterocycles. The second-order valence-corrected chi connectivity index (χ2v) is 4.56. The van der Waals surface area contributed by atoms with Crippen molar-refractivity contribution < 1.29 is 24.7 Å². The van der Waals surface area contributed by atoms with Gasteiger partial charge in [0.15, 0.2) is 5.60 Å². The first kappa shape index (κ1) is 15.9. The Morgan fingerprint density at radius 3 is 2.60 bits per heavy atom. The maximum atomic E-state index is 11.9. The van der Waals surface area contributed by atoms with Crippen molar-refractivity contribution >= 4 is 29.2 Å². The standard InChI is InChI=1S/C11H11ClN2O6/c1-11(18,10(16)17)5-13-9(15)8-6(12)3-2-4-7(8)14(19)20/h2-4,18H,5H2,1H3,(H,13,15)(H,16,17). The van der Waals surface area contributed by atoms with Gasteiger partial charge in [-0.1, -0.05) is 17.7 Å². The van der Waals surface area contributed by atoms with Crippen LogP contribution in [0.25, 0.3) is 0 Å². The molecule has 8 nitrogen and oxygen atoms in total. The third-order valence-electron chi connectivity index (χ3n) is 2.47. The van der Waals surface area contributed by atoms with Crippen molar-refractivity contribution in [3.05, 3.63) is 38.9 Å². The zero-order valence-electron chi connectivity index (χ0n) is 10.3. The van der Waals surface area contributed by atoms with E-state index in [1.165, 1.54) is 12.1 Å². The largest absolute Gasteiger partial charge is 0.479 e. The lowest BCUT2D eigenvalue weighted by atomic mass is 10.1. The molecule has 0 spiro atoms. The average Bonchev–Trinajstić information content (AvgIpc) is 2.35. The van der Waals surface area contributed by atoms with Gasteiger partial charge in [0.1, 0.15) is 5.56 Å². The number of benzene rings is 1. The van der Waals surface area contributed by atoms with E-state index in [1.807, 2.05) is 0 Å². The highest BCUT2D eigenvalue weighted by molar-refractivity contribution is 6.34. The summed E-state index contributed by atoms with van der Waals surface area (Å²) in [6.45, 7) is 0.361. The highest BCUT2D eigenvalue weighted by atomic mass is 35.5. The molecule has 0 aromatic heterocycles. The topological polar surface area (TPSA) is 130 Å². The molecule has 108 valence electrons. The van der Waals surface area contributed by atoms with Crippen LogP contribution in [0.2, 0.25) is 5.02 Å². The Morgan fingerprint density at radius 1 is 1.50 bits per heavy atom. The third kappa shape index (κ3) is 3.43. The van der Waals surface area contributed by atoms with Crippen molar-refractivity contribution in [2.75, 3.05) is 6.54 Å². The fraction of sp³-hybridized carbons (Fsp3) is 0.273. The van der Waals surface area contributed by atoms with Gasteiger partial charge in [-0.15, -0.1) is 0 Å². The Balaban J connectivity index is 2.99. The summed E-state index contributed by atoms with van der Waals surface area (Å²) < 4.78 is 0. The molecule has 1 aromatic rings. The number of hydrogen-bond donors (Lipinski definition) is 3. The maximum absolute atomic E-state index is 11.9. The molecule has 0 saturated heterocycles. The van der Waals surface area contributed by atoms with E-state index < -0.39 is 34.6 Å². The molecular formula is C11H11ClN2O6. The highest BCUT2D eigenvalue weighted by Gasteiger charge is 2.32. The Morgan fingerprint density at radius 2 is 2.10 bits per heavy atom. The number of aliphatic carboxylic acids is 1. The molecule has 1 atom stereocenters. The number of nitrogens with zero attached hydrogens (tertiary/aromatic N) is 1. The van der Waals surface area contributed by atoms with E-state index in [9.17, 15) is 24.8 Å². The molecule has 0 radical (unpaired) electrons. The van der Waals surface area contributed by atoms with Crippen LogP contribution in [0.5, 0.6) is 0 Å². The lowest BCUT2D eigenvalue weighted by Crippen LogP contribution is -2.46. The quantitative estimate of drug-likeness (QED) is 0.545. The van der Waals surface area contributed by atoms with Gasteiger partial charge >= 0.3 is 5.97 Å². The number of aliphatic hydroxyl groups is 1. The molecule has 0 aliphatic heterocycles. The van der Waals surface area contributed by atoms with Gasteiger partial charge < -0.3 is 15.5 Å². The second kappa shape index (κ2) is 5.85. The number of carbonyl (C=O) groups excluding carboxylic acids is 1. The van der Waals surface area contributed by atoms with Crippen LogP contribution < -0.4 is 5.32 Å². The number of carbonyl (C=O) groups is 2. The van der Waals surface area contributed by atoms with Gasteiger partial charge in [-0.2, -0.15) is 0 Å². The Labute approximate surface area is 118 Å². The van der Waals surface area contributed by atoms with Crippen molar-refractivity contribution in [3.8, 4) is 0 Å². The summed E-state index contributed by atoms with van der Waals surface area (Å²) in [7, 11) is 0. The van der Waals surface area contributed by atoms with Crippen molar-refractivity contribution in [2.45, 2.75) is 12.5 Å². The number of carboxylic acids is 1. The van der Waals surface area contributed by atoms with Crippen molar-refractivity contribution in [3.63, 3.8) is 0 Å². The Bertz CT molecular complexity index is 572. The molecule has 0 saturated carbocycles. The minimum atomic E-state index is -2.19. The molecule has 0 aliphatic carbocycles. The summed E-state index contributed by atoms with van der Waals surface area (Å²) in [5, 5.41) is 30.9. The van der Waals surface area contributed by atoms with Crippen molar-refractivity contribution in [1.29, 1.82) is 0 Å². The first-order valence-electron chi connectivity index (χ1n) is 5.33. The molecule has 1 rings (SSSR count). The van der Waals surface area contributed by atoms with Crippen LogP contribution in [0, 0.1) is 10.1 Å². The predicted molar refractivity (Wildman–Crippen MR) is 68.7 cm³/mol. The number of nitro groups is 1. The fourth-order valence-corrected chi connectivity index (χ4v) is 1.56. The van der Waals surface area contributed by atoms with Gasteiger partial charge in [0.2, 0.25) is 0 Å². The number of hydrogen-bond acceptors (Lipinski definition) is 5. The first-order chi connectivity index (χ1) is 9.16. The van der Waals surface area contributed by atoms with E-state index >= 15 is 0 Å². The van der Waals surface area contributed by atoms with Gasteiger partial charge in [0, 0.05) is 6.07 Å². The molecule has 0 fully saturated rings. The average molecular weight is 303 g/mol. The van der Waals surface area contributed by atoms with Gasteiger partial charge in [-0.25, -0.2) is 4.79 Å². The van der Waals surface area contributed by atoms with E-state index in [-0.39, 0.29) is 10.6 Å². The predicted octanol–water partition coefficient (Wildman–Crippen LogP) is 0.814. The molecule has 3 N–H and O–H groups in total. The van der Waals surface area contributed by atoms with Crippen LogP contribution in [0.4, 0.5) is 5.69 Å². The van der Waals surface area contributed by atoms with Crippen LogP contribution in [0.15, 0.2) is 18.2 Å². The molecular weight excluding hydrogens is 292 g/mol. The number of amides is 1. The Kier molecular flexibility index (Phi) is 4.64. The zero-order chi connectivity index (χ0) is 15.5. The Hall–Kier alpha value is -2.19. The normalized spacial score (nSPS) is 13.3. The summed E-state index contributed by atoms with van der Waals surface area (Å²) in [4.78, 5) is 32.6. The maximum Gasteiger partial charge on any atom is 0.337 e. The van der Waals surface area contributed by atoms with Crippen molar-refractivity contribution in [1.82, 2.24) is 5.32 Å². The summed E-state index contributed by atoms with van der Waals surface area (Å²) in [5.41, 5.74) is -3.09. The fourth-order valence-electron chi connectivity index (χ4n) is 1.31. The van der Waals surface area contributed by atoms with Gasteiger partial charge in [-0.3, -0.25) is 14.9 Å². The summed E-state index contributed by atoms with van der Waals surface area (Å²) in [5.74, 6) is -2.48. The molecule has 0 bridgehead atoms. The van der Waals surface area contributed by atoms with E-state index in [0.717, 1.165) is 13.0 Å². The SMILES string of the molecule is CC(O)(CNC(=O)c1c(Cl)cccc1[N+](=O)[O-])C(=O)O. The third-order valence-corrected chi connectivity index (χ3v) is 2.78. The van der Waals surface area contributed by atoms with Gasteiger partial charge in [0.05, 0.1) is 16.5 Å². The summed E-state index contributed by atoms with van der Waals surface area (Å²) in [6, 6.07) is 3.69. The first-order valence-corrected chi connectivity index (χ1v) is 5.71. The smallest absolute Gasteiger partial charge is 0.337 e. The molecule has 1 unspecified atom stereocenters. The van der Waals surface area contributed by atoms with Crippen LogP contribution in [-0.2, 0) is 4.79 Å². The number of carboxylic acid groups (broad SMARTS) is 1. The summed E-state index contributed by atoms with van der Waals surface area (Å²) >= 11 is 5.74.